The Bertz CT molecular complexity index is 775. The van der Waals surface area contributed by atoms with Gasteiger partial charge >= 0.3 is 6.18 Å². The minimum Gasteiger partial charge on any atom is -0.504 e. The van der Waals surface area contributed by atoms with E-state index in [1.54, 1.807) is 0 Å². The molecule has 2 saturated carbocycles. The zero-order valence-corrected chi connectivity index (χ0v) is 15.1. The van der Waals surface area contributed by atoms with E-state index in [9.17, 15) is 28.2 Å². The van der Waals surface area contributed by atoms with Crippen molar-refractivity contribution in [2.75, 3.05) is 6.61 Å². The summed E-state index contributed by atoms with van der Waals surface area (Å²) >= 11 is 0. The first-order valence-electron chi connectivity index (χ1n) is 9.38. The van der Waals surface area contributed by atoms with Crippen molar-refractivity contribution in [3.63, 3.8) is 0 Å². The first kappa shape index (κ1) is 18.6. The standard InChI is InChI=1S/C20H23F3O4/c1-19-5-4-10-11-8-17(27-9-20(21,22)23)16(25)7-13(11)15(24)6-12(10)14(19)2-3-18(19)26/h7-8,10,12,14,18,25-26H,2-6,9H2,1H3/t10-,12-,14+,18+,19+/m1/s1. The number of hydrogen-bond acceptors (Lipinski definition) is 4. The average molecular weight is 384 g/mol. The maximum atomic E-state index is 12.7. The summed E-state index contributed by atoms with van der Waals surface area (Å²) in [5.41, 5.74) is 0.857. The van der Waals surface area contributed by atoms with Gasteiger partial charge in [0.05, 0.1) is 6.10 Å². The summed E-state index contributed by atoms with van der Waals surface area (Å²) in [6.07, 6.45) is -1.37. The highest BCUT2D eigenvalue weighted by atomic mass is 19.4. The fourth-order valence-electron chi connectivity index (χ4n) is 5.66. The summed E-state index contributed by atoms with van der Waals surface area (Å²) in [5, 5.41) is 20.4. The molecule has 0 unspecified atom stereocenters. The first-order chi connectivity index (χ1) is 12.6. The lowest BCUT2D eigenvalue weighted by Gasteiger charge is -2.49. The summed E-state index contributed by atoms with van der Waals surface area (Å²) in [6, 6.07) is 2.66. The molecule has 0 heterocycles. The van der Waals surface area contributed by atoms with Crippen LogP contribution in [0.5, 0.6) is 11.5 Å². The number of carbonyl (C=O) groups excluding carboxylic acids is 1. The third kappa shape index (κ3) is 3.00. The number of halogens is 3. The van der Waals surface area contributed by atoms with Gasteiger partial charge in [-0.05, 0) is 66.5 Å². The molecule has 1 aromatic rings. The number of aliphatic hydroxyl groups is 1. The molecule has 27 heavy (non-hydrogen) atoms. The van der Waals surface area contributed by atoms with E-state index in [4.69, 9.17) is 4.74 Å². The number of fused-ring (bicyclic) bond motifs is 5. The van der Waals surface area contributed by atoms with Gasteiger partial charge in [0.2, 0.25) is 0 Å². The minimum atomic E-state index is -4.51. The molecule has 0 saturated heterocycles. The normalized spacial score (nSPS) is 35.4. The number of carbonyl (C=O) groups is 1. The lowest BCUT2D eigenvalue weighted by molar-refractivity contribution is -0.153. The van der Waals surface area contributed by atoms with E-state index in [1.807, 2.05) is 0 Å². The highest BCUT2D eigenvalue weighted by molar-refractivity contribution is 5.99. The Kier molecular flexibility index (Phi) is 4.22. The molecule has 3 aliphatic rings. The Morgan fingerprint density at radius 2 is 2.00 bits per heavy atom. The van der Waals surface area contributed by atoms with Crippen LogP contribution in [0.4, 0.5) is 13.2 Å². The lowest BCUT2D eigenvalue weighted by atomic mass is 9.55. The van der Waals surface area contributed by atoms with E-state index in [-0.39, 0.29) is 40.8 Å². The van der Waals surface area contributed by atoms with Crippen molar-refractivity contribution in [1.82, 2.24) is 0 Å². The Hall–Kier alpha value is -1.76. The van der Waals surface area contributed by atoms with Gasteiger partial charge in [-0.1, -0.05) is 6.92 Å². The van der Waals surface area contributed by atoms with Gasteiger partial charge in [-0.25, -0.2) is 0 Å². The smallest absolute Gasteiger partial charge is 0.422 e. The van der Waals surface area contributed by atoms with Crippen molar-refractivity contribution < 1.29 is 32.9 Å². The van der Waals surface area contributed by atoms with Crippen molar-refractivity contribution in [3.05, 3.63) is 23.3 Å². The second-order valence-corrected chi connectivity index (χ2v) is 8.45. The van der Waals surface area contributed by atoms with Crippen molar-refractivity contribution in [1.29, 1.82) is 0 Å². The van der Waals surface area contributed by atoms with Crippen LogP contribution in [-0.4, -0.2) is 34.9 Å². The van der Waals surface area contributed by atoms with E-state index >= 15 is 0 Å². The highest BCUT2D eigenvalue weighted by Gasteiger charge is 2.55. The number of hydrogen-bond donors (Lipinski definition) is 2. The van der Waals surface area contributed by atoms with Crippen LogP contribution < -0.4 is 4.74 Å². The van der Waals surface area contributed by atoms with E-state index in [1.165, 1.54) is 12.1 Å². The molecule has 0 aliphatic heterocycles. The van der Waals surface area contributed by atoms with Crippen LogP contribution in [0.2, 0.25) is 0 Å². The lowest BCUT2D eigenvalue weighted by Crippen LogP contribution is -2.44. The number of rotatable bonds is 2. The Morgan fingerprint density at radius 1 is 1.26 bits per heavy atom. The fourth-order valence-corrected chi connectivity index (χ4v) is 5.66. The average Bonchev–Trinajstić information content (AvgIpc) is 2.88. The number of Topliss-reactive ketones (excluding diaryl/α,β-unsaturated/α-hetero) is 1. The van der Waals surface area contributed by atoms with E-state index in [2.05, 4.69) is 6.92 Å². The van der Waals surface area contributed by atoms with Crippen molar-refractivity contribution in [2.45, 2.75) is 57.2 Å². The van der Waals surface area contributed by atoms with Crippen LogP contribution in [0.1, 0.15) is 60.9 Å². The number of phenolic OH excluding ortho intramolecular Hbond substituents is 1. The van der Waals surface area contributed by atoms with Crippen LogP contribution in [-0.2, 0) is 0 Å². The van der Waals surface area contributed by atoms with E-state index in [0.717, 1.165) is 25.7 Å². The van der Waals surface area contributed by atoms with Crippen LogP contribution in [0.15, 0.2) is 12.1 Å². The third-order valence-electron chi connectivity index (χ3n) is 7.03. The molecule has 2 N–H and O–H groups in total. The predicted octanol–water partition coefficient (Wildman–Crippen LogP) is 4.19. The molecule has 3 aliphatic carbocycles. The van der Waals surface area contributed by atoms with E-state index in [0.29, 0.717) is 17.5 Å². The van der Waals surface area contributed by atoms with Crippen LogP contribution in [0, 0.1) is 17.3 Å². The molecular weight excluding hydrogens is 361 g/mol. The number of ether oxygens (including phenoxy) is 1. The van der Waals surface area contributed by atoms with Gasteiger partial charge in [0.25, 0.3) is 0 Å². The molecule has 0 amide bonds. The molecular formula is C20H23F3O4. The highest BCUT2D eigenvalue weighted by Crippen LogP contribution is 2.61. The molecule has 2 fully saturated rings. The molecule has 1 aromatic carbocycles. The number of ketones is 1. The molecule has 4 rings (SSSR count). The maximum absolute atomic E-state index is 12.7. The van der Waals surface area contributed by atoms with Gasteiger partial charge in [0, 0.05) is 12.0 Å². The molecule has 0 spiro atoms. The quantitative estimate of drug-likeness (QED) is 0.802. The van der Waals surface area contributed by atoms with Gasteiger partial charge in [-0.3, -0.25) is 4.79 Å². The Labute approximate surface area is 155 Å². The predicted molar refractivity (Wildman–Crippen MR) is 90.9 cm³/mol. The van der Waals surface area contributed by atoms with Gasteiger partial charge in [-0.15, -0.1) is 0 Å². The van der Waals surface area contributed by atoms with Crippen molar-refractivity contribution >= 4 is 5.78 Å². The van der Waals surface area contributed by atoms with Crippen LogP contribution in [0.3, 0.4) is 0 Å². The molecule has 0 bridgehead atoms. The SMILES string of the molecule is C[C@]12CC[C@@H]3c4cc(OCC(F)(F)F)c(O)cc4C(=O)C[C@H]3[C@@H]1CC[C@@H]2O. The largest absolute Gasteiger partial charge is 0.504 e. The molecule has 4 nitrogen and oxygen atoms in total. The Morgan fingerprint density at radius 3 is 2.70 bits per heavy atom. The second-order valence-electron chi connectivity index (χ2n) is 8.45. The first-order valence-corrected chi connectivity index (χ1v) is 9.38. The summed E-state index contributed by atoms with van der Waals surface area (Å²) in [5.74, 6) is -0.455. The number of alkyl halides is 3. The summed E-state index contributed by atoms with van der Waals surface area (Å²) in [7, 11) is 0. The van der Waals surface area contributed by atoms with Gasteiger partial charge in [-0.2, -0.15) is 13.2 Å². The number of benzene rings is 1. The fraction of sp³-hybridized carbons (Fsp3) is 0.650. The minimum absolute atomic E-state index is 0.0370. The number of aromatic hydroxyl groups is 1. The van der Waals surface area contributed by atoms with Gasteiger partial charge in [0.15, 0.2) is 23.9 Å². The number of aliphatic hydroxyl groups excluding tert-OH is 1. The molecule has 148 valence electrons. The van der Waals surface area contributed by atoms with Crippen molar-refractivity contribution in [2.24, 2.45) is 17.3 Å². The summed E-state index contributed by atoms with van der Waals surface area (Å²) in [6.45, 7) is 0.592. The zero-order chi connectivity index (χ0) is 19.6. The van der Waals surface area contributed by atoms with E-state index < -0.39 is 18.5 Å². The third-order valence-corrected chi connectivity index (χ3v) is 7.03. The molecule has 7 heteroatoms. The van der Waals surface area contributed by atoms with Crippen molar-refractivity contribution in [3.8, 4) is 11.5 Å². The summed E-state index contributed by atoms with van der Waals surface area (Å²) < 4.78 is 42.2. The monoisotopic (exact) mass is 384 g/mol. The molecule has 5 atom stereocenters. The topological polar surface area (TPSA) is 66.8 Å². The second kappa shape index (κ2) is 6.12. The van der Waals surface area contributed by atoms with Gasteiger partial charge in [0.1, 0.15) is 0 Å². The van der Waals surface area contributed by atoms with Gasteiger partial charge < -0.3 is 14.9 Å². The van der Waals surface area contributed by atoms with Crippen LogP contribution in [0.25, 0.3) is 0 Å². The molecule has 0 radical (unpaired) electrons. The van der Waals surface area contributed by atoms with Crippen LogP contribution >= 0.6 is 0 Å². The number of phenols is 1. The Balaban J connectivity index is 1.69. The molecule has 0 aromatic heterocycles. The zero-order valence-electron chi connectivity index (χ0n) is 15.1. The maximum Gasteiger partial charge on any atom is 0.422 e. The summed E-state index contributed by atoms with van der Waals surface area (Å²) in [4.78, 5) is 12.7.